The van der Waals surface area contributed by atoms with Gasteiger partial charge in [0.15, 0.2) is 0 Å². The van der Waals surface area contributed by atoms with E-state index in [1.807, 2.05) is 11.0 Å². The van der Waals surface area contributed by atoms with Crippen LogP contribution in [0.3, 0.4) is 0 Å². The highest BCUT2D eigenvalue weighted by Gasteiger charge is 2.62. The molecule has 2 fully saturated rings. The molecule has 1 amide bonds. The lowest BCUT2D eigenvalue weighted by molar-refractivity contribution is -0.125. The molecule has 0 radical (unpaired) electrons. The second kappa shape index (κ2) is 4.00. The molecule has 0 aromatic heterocycles. The number of para-hydroxylation sites is 1. The first kappa shape index (κ1) is 13.1. The summed E-state index contributed by atoms with van der Waals surface area (Å²) in [5.74, 6) is 0.942. The van der Waals surface area contributed by atoms with E-state index in [0.29, 0.717) is 11.8 Å². The molecule has 2 heteroatoms. The zero-order valence-electron chi connectivity index (χ0n) is 13.0. The number of rotatable bonds is 1. The molecule has 1 aromatic carbocycles. The van der Waals surface area contributed by atoms with Crippen LogP contribution in [0.2, 0.25) is 0 Å². The average Bonchev–Trinajstić information content (AvgIpc) is 3.14. The topological polar surface area (TPSA) is 20.3 Å². The second-order valence-electron chi connectivity index (χ2n) is 7.56. The van der Waals surface area contributed by atoms with E-state index in [2.05, 4.69) is 38.6 Å². The Morgan fingerprint density at radius 3 is 2.81 bits per heavy atom. The molecule has 2 nitrogen and oxygen atoms in total. The molecule has 0 unspecified atom stereocenters. The van der Waals surface area contributed by atoms with Gasteiger partial charge in [-0.15, -0.1) is 0 Å². The number of anilines is 1. The first-order chi connectivity index (χ1) is 9.97. The summed E-state index contributed by atoms with van der Waals surface area (Å²) in [5, 5.41) is 0. The monoisotopic (exact) mass is 281 g/mol. The largest absolute Gasteiger partial charge is 0.311 e. The van der Waals surface area contributed by atoms with Crippen LogP contribution in [0.4, 0.5) is 5.69 Å². The van der Waals surface area contributed by atoms with Crippen molar-refractivity contribution >= 4 is 11.6 Å². The molecule has 0 saturated heterocycles. The van der Waals surface area contributed by atoms with Crippen LogP contribution in [0, 0.1) is 16.7 Å². The van der Waals surface area contributed by atoms with Crippen molar-refractivity contribution in [1.82, 2.24) is 0 Å². The molecule has 3 aliphatic rings. The number of nitrogens with zero attached hydrogens (tertiary/aromatic N) is 1. The third-order valence-electron chi connectivity index (χ3n) is 6.43. The highest BCUT2D eigenvalue weighted by Crippen LogP contribution is 2.66. The normalized spacial score (nSPS) is 32.6. The number of carbonyl (C=O) groups excluding carboxylic acids is 1. The molecule has 0 N–H and O–H groups in total. The quantitative estimate of drug-likeness (QED) is 0.714. The number of hydrogen-bond acceptors (Lipinski definition) is 1. The van der Waals surface area contributed by atoms with Crippen molar-refractivity contribution in [1.29, 1.82) is 0 Å². The van der Waals surface area contributed by atoms with E-state index in [1.165, 1.54) is 17.6 Å². The van der Waals surface area contributed by atoms with E-state index < -0.39 is 0 Å². The van der Waals surface area contributed by atoms with E-state index in [9.17, 15) is 4.79 Å². The molecular formula is C19H23NO. The van der Waals surface area contributed by atoms with Gasteiger partial charge in [0, 0.05) is 12.2 Å². The fraction of sp³-hybridized carbons (Fsp3) is 0.526. The summed E-state index contributed by atoms with van der Waals surface area (Å²) in [6.45, 7) is 9.73. The van der Waals surface area contributed by atoms with E-state index in [4.69, 9.17) is 0 Å². The van der Waals surface area contributed by atoms with Crippen LogP contribution in [0.15, 0.2) is 36.4 Å². The lowest BCUT2D eigenvalue weighted by Crippen LogP contribution is -2.43. The molecule has 1 aliphatic heterocycles. The number of benzene rings is 1. The van der Waals surface area contributed by atoms with Crippen LogP contribution in [-0.2, 0) is 11.2 Å². The number of carbonyl (C=O) groups is 1. The molecule has 2 aliphatic carbocycles. The van der Waals surface area contributed by atoms with Crippen LogP contribution in [0.25, 0.3) is 0 Å². The van der Waals surface area contributed by atoms with Crippen molar-refractivity contribution in [2.45, 2.75) is 39.5 Å². The van der Waals surface area contributed by atoms with Crippen molar-refractivity contribution in [3.05, 3.63) is 42.0 Å². The van der Waals surface area contributed by atoms with Crippen molar-refractivity contribution in [2.24, 2.45) is 16.7 Å². The zero-order valence-corrected chi connectivity index (χ0v) is 13.0. The fourth-order valence-electron chi connectivity index (χ4n) is 4.93. The molecule has 0 spiro atoms. The van der Waals surface area contributed by atoms with Crippen molar-refractivity contribution in [3.63, 3.8) is 0 Å². The number of amides is 1. The summed E-state index contributed by atoms with van der Waals surface area (Å²) in [7, 11) is 0. The second-order valence-corrected chi connectivity index (χ2v) is 7.56. The highest BCUT2D eigenvalue weighted by molar-refractivity contribution is 6.02. The summed E-state index contributed by atoms with van der Waals surface area (Å²) >= 11 is 0. The van der Waals surface area contributed by atoms with Gasteiger partial charge in [-0.2, -0.15) is 0 Å². The molecule has 1 aromatic rings. The van der Waals surface area contributed by atoms with Gasteiger partial charge in [-0.25, -0.2) is 0 Å². The lowest BCUT2D eigenvalue weighted by Gasteiger charge is -2.39. The standard InChI is InChI=1S/C19H23NO/c1-13-18(2,3)15-8-10-19(13,12-15)17(21)20-11-9-14-6-4-5-7-16(14)20/h4-7,15H,1,8-12H2,2-3H3/t15-,19-/m0/s1. The molecule has 2 bridgehead atoms. The van der Waals surface area contributed by atoms with Gasteiger partial charge >= 0.3 is 0 Å². The van der Waals surface area contributed by atoms with Crippen molar-refractivity contribution in [3.8, 4) is 0 Å². The van der Waals surface area contributed by atoms with Gasteiger partial charge in [0.2, 0.25) is 5.91 Å². The average molecular weight is 281 g/mol. The smallest absolute Gasteiger partial charge is 0.237 e. The van der Waals surface area contributed by atoms with Crippen LogP contribution in [-0.4, -0.2) is 12.5 Å². The Bertz CT molecular complexity index is 645. The van der Waals surface area contributed by atoms with Crippen LogP contribution in [0.5, 0.6) is 0 Å². The summed E-state index contributed by atoms with van der Waals surface area (Å²) in [6, 6.07) is 8.33. The molecule has 2 atom stereocenters. The maximum Gasteiger partial charge on any atom is 0.237 e. The third kappa shape index (κ3) is 1.51. The first-order valence-corrected chi connectivity index (χ1v) is 8.06. The Labute approximate surface area is 126 Å². The van der Waals surface area contributed by atoms with E-state index >= 15 is 0 Å². The Morgan fingerprint density at radius 2 is 2.10 bits per heavy atom. The number of hydrogen-bond donors (Lipinski definition) is 0. The molecule has 21 heavy (non-hydrogen) atoms. The minimum Gasteiger partial charge on any atom is -0.311 e. The van der Waals surface area contributed by atoms with Crippen molar-refractivity contribution < 1.29 is 4.79 Å². The predicted molar refractivity (Wildman–Crippen MR) is 85.2 cm³/mol. The molecule has 2 saturated carbocycles. The maximum atomic E-state index is 13.4. The van der Waals surface area contributed by atoms with Gasteiger partial charge in [0.05, 0.1) is 5.41 Å². The van der Waals surface area contributed by atoms with Crippen molar-refractivity contribution in [2.75, 3.05) is 11.4 Å². The van der Waals surface area contributed by atoms with Gasteiger partial charge in [0.25, 0.3) is 0 Å². The van der Waals surface area contributed by atoms with Gasteiger partial charge in [-0.05, 0) is 48.6 Å². The summed E-state index contributed by atoms with van der Waals surface area (Å²) in [5.41, 5.74) is 3.44. The number of fused-ring (bicyclic) bond motifs is 3. The maximum absolute atomic E-state index is 13.4. The lowest BCUT2D eigenvalue weighted by atomic mass is 9.68. The Hall–Kier alpha value is -1.57. The fourth-order valence-corrected chi connectivity index (χ4v) is 4.93. The molecular weight excluding hydrogens is 258 g/mol. The van der Waals surface area contributed by atoms with Gasteiger partial charge < -0.3 is 4.90 Å². The molecule has 1 heterocycles. The van der Waals surface area contributed by atoms with Crippen LogP contribution in [0.1, 0.15) is 38.7 Å². The summed E-state index contributed by atoms with van der Waals surface area (Å²) < 4.78 is 0. The van der Waals surface area contributed by atoms with Crippen LogP contribution >= 0.6 is 0 Å². The van der Waals surface area contributed by atoms with Crippen LogP contribution < -0.4 is 4.90 Å². The summed E-state index contributed by atoms with van der Waals surface area (Å²) in [6.07, 6.45) is 4.16. The molecule has 110 valence electrons. The Kier molecular flexibility index (Phi) is 2.50. The van der Waals surface area contributed by atoms with Gasteiger partial charge in [0.1, 0.15) is 0 Å². The van der Waals surface area contributed by atoms with E-state index in [1.54, 1.807) is 0 Å². The minimum atomic E-state index is -0.286. The van der Waals surface area contributed by atoms with Gasteiger partial charge in [-0.3, -0.25) is 4.79 Å². The van der Waals surface area contributed by atoms with Gasteiger partial charge in [-0.1, -0.05) is 44.2 Å². The minimum absolute atomic E-state index is 0.118. The SMILES string of the molecule is C=C1C(C)(C)[C@H]2CC[C@]1(C(=O)N1CCc3ccccc31)C2. The Morgan fingerprint density at radius 1 is 1.33 bits per heavy atom. The zero-order chi connectivity index (χ0) is 14.8. The third-order valence-corrected chi connectivity index (χ3v) is 6.43. The Balaban J connectivity index is 1.72. The summed E-state index contributed by atoms with van der Waals surface area (Å²) in [4.78, 5) is 15.4. The highest BCUT2D eigenvalue weighted by atomic mass is 16.2. The van der Waals surface area contributed by atoms with E-state index in [0.717, 1.165) is 31.5 Å². The molecule has 4 rings (SSSR count). The predicted octanol–water partition coefficient (Wildman–Crippen LogP) is 3.96. The van der Waals surface area contributed by atoms with E-state index in [-0.39, 0.29) is 10.8 Å². The first-order valence-electron chi connectivity index (χ1n) is 8.06.